The topological polar surface area (TPSA) is 35.6 Å². The molecule has 0 spiro atoms. The molecule has 5 heterocycles. The average molecular weight is 1140 g/mol. The number of rotatable bonds is 5. The number of hydrogen-bond donors (Lipinski definition) is 0. The Morgan fingerprint density at radius 2 is 0.678 bits per heavy atom. The molecule has 0 saturated carbocycles. The van der Waals surface area contributed by atoms with Gasteiger partial charge in [-0.15, -0.1) is 0 Å². The highest BCUT2D eigenvalue weighted by Crippen LogP contribution is 2.47. The van der Waals surface area contributed by atoms with E-state index in [1.807, 2.05) is 0 Å². The van der Waals surface area contributed by atoms with E-state index in [0.717, 1.165) is 28.1 Å². The van der Waals surface area contributed by atoms with E-state index < -0.39 is 0 Å². The quantitative estimate of drug-likeness (QED) is 0.161. The maximum atomic E-state index is 5.89. The molecule has 0 radical (unpaired) electrons. The predicted molar refractivity (Wildman–Crippen MR) is 375 cm³/mol. The van der Waals surface area contributed by atoms with E-state index in [2.05, 4.69) is 310 Å². The van der Waals surface area contributed by atoms with Gasteiger partial charge in [0, 0.05) is 60.6 Å². The highest BCUT2D eigenvalue weighted by atomic mass is 15.0. The summed E-state index contributed by atoms with van der Waals surface area (Å²) in [6, 6.07) is 67.7. The molecule has 0 saturated heterocycles. The minimum absolute atomic E-state index is 0.0670. The largest absolute Gasteiger partial charge is 0.310 e. The van der Waals surface area contributed by atoms with Gasteiger partial charge in [-0.25, -0.2) is 9.97 Å². The van der Waals surface area contributed by atoms with Crippen LogP contribution in [0.3, 0.4) is 0 Å². The van der Waals surface area contributed by atoms with Crippen LogP contribution in [-0.2, 0) is 32.5 Å². The fourth-order valence-electron chi connectivity index (χ4n) is 14.2. The summed E-state index contributed by atoms with van der Waals surface area (Å²) in [5, 5.41) is 5.19. The van der Waals surface area contributed by atoms with Crippen LogP contribution >= 0.6 is 0 Å². The smallest absolute Gasteiger partial charge is 0.252 e. The van der Waals surface area contributed by atoms with E-state index in [1.165, 1.54) is 127 Å². The second-order valence-corrected chi connectivity index (χ2v) is 31.6. The molecule has 2 aliphatic heterocycles. The van der Waals surface area contributed by atoms with E-state index in [9.17, 15) is 0 Å². The van der Waals surface area contributed by atoms with Crippen molar-refractivity contribution in [2.24, 2.45) is 0 Å². The van der Waals surface area contributed by atoms with Crippen LogP contribution in [0.1, 0.15) is 158 Å². The van der Waals surface area contributed by atoms with Crippen molar-refractivity contribution < 1.29 is 0 Å². The van der Waals surface area contributed by atoms with Crippen molar-refractivity contribution in [3.05, 3.63) is 209 Å². The van der Waals surface area contributed by atoms with E-state index >= 15 is 0 Å². The summed E-state index contributed by atoms with van der Waals surface area (Å²) in [6.07, 6.45) is 0. The summed E-state index contributed by atoms with van der Waals surface area (Å²) in [6.45, 7) is 42.1. The summed E-state index contributed by atoms with van der Waals surface area (Å²) in [7, 11) is 0. The van der Waals surface area contributed by atoms with Gasteiger partial charge in [0.2, 0.25) is 0 Å². The minimum Gasteiger partial charge on any atom is -0.310 e. The van der Waals surface area contributed by atoms with Crippen molar-refractivity contribution in [3.63, 3.8) is 0 Å². The van der Waals surface area contributed by atoms with E-state index in [4.69, 9.17) is 9.97 Å². The summed E-state index contributed by atoms with van der Waals surface area (Å²) in [4.78, 5) is 11.8. The molecule has 87 heavy (non-hydrogen) atoms. The lowest BCUT2D eigenvalue weighted by atomic mass is 9.34. The monoisotopic (exact) mass is 1130 g/mol. The molecular formula is C82H83BN4. The maximum absolute atomic E-state index is 5.89. The van der Waals surface area contributed by atoms with Crippen molar-refractivity contribution >= 4 is 66.7 Å². The molecule has 0 aliphatic carbocycles. The molecule has 0 atom stereocenters. The van der Waals surface area contributed by atoms with E-state index in [-0.39, 0.29) is 39.2 Å². The molecule has 0 fully saturated rings. The van der Waals surface area contributed by atoms with Crippen LogP contribution in [-0.4, -0.2) is 25.8 Å². The fourth-order valence-corrected chi connectivity index (χ4v) is 14.2. The summed E-state index contributed by atoms with van der Waals surface area (Å²) >= 11 is 0. The molecular weight excluding hydrogens is 1050 g/mol. The molecule has 3 aromatic heterocycles. The zero-order chi connectivity index (χ0) is 61.4. The van der Waals surface area contributed by atoms with Gasteiger partial charge in [-0.3, -0.25) is 0 Å². The first-order valence-electron chi connectivity index (χ1n) is 31.7. The number of aromatic nitrogens is 4. The number of benzene rings is 9. The molecule has 434 valence electrons. The van der Waals surface area contributed by atoms with Gasteiger partial charge in [0.25, 0.3) is 6.71 Å². The third kappa shape index (κ3) is 9.23. The molecule has 5 heteroatoms. The van der Waals surface area contributed by atoms with Crippen molar-refractivity contribution in [1.82, 2.24) is 19.1 Å². The van der Waals surface area contributed by atoms with Crippen LogP contribution < -0.4 is 16.4 Å². The van der Waals surface area contributed by atoms with Crippen LogP contribution in [0, 0.1) is 0 Å². The molecule has 9 aromatic carbocycles. The number of hydrogen-bond acceptors (Lipinski definition) is 2. The third-order valence-electron chi connectivity index (χ3n) is 19.1. The van der Waals surface area contributed by atoms with Gasteiger partial charge in [0.05, 0.1) is 22.4 Å². The van der Waals surface area contributed by atoms with Crippen molar-refractivity contribution in [3.8, 4) is 67.5 Å². The first-order chi connectivity index (χ1) is 40.9. The van der Waals surface area contributed by atoms with Crippen LogP contribution in [0.15, 0.2) is 176 Å². The first kappa shape index (κ1) is 56.5. The maximum Gasteiger partial charge on any atom is 0.252 e. The average Bonchev–Trinajstić information content (AvgIpc) is 1.61. The van der Waals surface area contributed by atoms with E-state index in [0.29, 0.717) is 5.82 Å². The molecule has 2 aliphatic rings. The molecule has 0 unspecified atom stereocenters. The van der Waals surface area contributed by atoms with Crippen molar-refractivity contribution in [2.45, 2.75) is 157 Å². The molecule has 0 amide bonds. The Kier molecular flexibility index (Phi) is 12.4. The van der Waals surface area contributed by atoms with Crippen LogP contribution in [0.25, 0.3) is 111 Å². The van der Waals surface area contributed by atoms with Crippen molar-refractivity contribution in [1.29, 1.82) is 0 Å². The summed E-state index contributed by atoms with van der Waals surface area (Å²) in [5.74, 6) is 0.705. The Morgan fingerprint density at radius 1 is 0.310 bits per heavy atom. The summed E-state index contributed by atoms with van der Waals surface area (Å²) in [5.41, 5.74) is 28.3. The molecule has 4 nitrogen and oxygen atoms in total. The lowest BCUT2D eigenvalue weighted by Crippen LogP contribution is -2.59. The van der Waals surface area contributed by atoms with Crippen molar-refractivity contribution in [2.75, 3.05) is 0 Å². The first-order valence-corrected chi connectivity index (χ1v) is 31.7. The van der Waals surface area contributed by atoms with Crippen LogP contribution in [0.5, 0.6) is 0 Å². The Labute approximate surface area is 516 Å². The Hall–Kier alpha value is -8.28. The Morgan fingerprint density at radius 3 is 1.02 bits per heavy atom. The normalized spacial score (nSPS) is 13.6. The van der Waals surface area contributed by atoms with Gasteiger partial charge in [0.1, 0.15) is 0 Å². The van der Waals surface area contributed by atoms with Gasteiger partial charge >= 0.3 is 0 Å². The predicted octanol–water partition coefficient (Wildman–Crippen LogP) is 19.9. The van der Waals surface area contributed by atoms with E-state index in [1.54, 1.807) is 0 Å². The van der Waals surface area contributed by atoms with Gasteiger partial charge in [-0.05, 0) is 171 Å². The highest BCUT2D eigenvalue weighted by Gasteiger charge is 2.43. The standard InChI is InChI=1S/C82H83BN4/c1-77(2,3)55-37-52(38-56(45-55)78(4,5)6)65-47-66(53-39-57(79(7,8)9)46-58(40-53)80(10,11)12)85-76(84-65)54-43-69-73-70(44-54)87-68-36-30-51(49-27-23-20-24-28-49)42-60(68)72-62(82(16,17)18)32-34-64(75(72)87)83(73)63-33-31-61(81(13,14)15)71-59-41-50(48-25-21-19-22-26-48)29-35-67(59)86(69)74(63)71/h19-47H,1-18H3. The van der Waals surface area contributed by atoms with Gasteiger partial charge in [-0.2, -0.15) is 0 Å². The summed E-state index contributed by atoms with van der Waals surface area (Å²) < 4.78 is 5.28. The zero-order valence-electron chi connectivity index (χ0n) is 54.6. The lowest BCUT2D eigenvalue weighted by Gasteiger charge is -2.35. The van der Waals surface area contributed by atoms with Gasteiger partial charge < -0.3 is 9.13 Å². The molecule has 14 rings (SSSR count). The van der Waals surface area contributed by atoms with Gasteiger partial charge in [0.15, 0.2) is 5.82 Å². The van der Waals surface area contributed by atoms with Crippen LogP contribution in [0.4, 0.5) is 0 Å². The van der Waals surface area contributed by atoms with Crippen LogP contribution in [0.2, 0.25) is 0 Å². The molecule has 12 aromatic rings. The molecule has 0 N–H and O–H groups in total. The highest BCUT2D eigenvalue weighted by molar-refractivity contribution is 7.00. The third-order valence-corrected chi connectivity index (χ3v) is 19.1. The minimum atomic E-state index is -0.149. The number of nitrogens with zero attached hydrogens (tertiary/aromatic N) is 4. The SMILES string of the molecule is CC(C)(C)c1cc(-c2cc(-c3cc(C(C)(C)C)cc(C(C)(C)C)c3)nc(-c3cc4c5c(c3)-n3c6ccc(-c7ccccc7)cc6c6c(C(C)(C)C)ccc(c63)B5c3ccc(C(C)(C)C)c5c6cc(-c7ccccc7)ccc6n-4c35)n2)cc(C(C)(C)C)c1. The fraction of sp³-hybridized carbons (Fsp3) is 0.293. The van der Waals surface area contributed by atoms with Gasteiger partial charge in [-0.1, -0.05) is 234 Å². The second kappa shape index (κ2) is 19.1. The lowest BCUT2D eigenvalue weighted by molar-refractivity contribution is 0.568. The second-order valence-electron chi connectivity index (χ2n) is 31.6. The number of fused-ring (bicyclic) bond motifs is 10. The Bertz CT molecular complexity index is 4470. The zero-order valence-corrected chi connectivity index (χ0v) is 54.6. The Balaban J connectivity index is 1.16. The molecule has 0 bridgehead atoms.